The lowest BCUT2D eigenvalue weighted by Crippen LogP contribution is -2.40. The molecule has 0 radical (unpaired) electrons. The van der Waals surface area contributed by atoms with Gasteiger partial charge in [-0.3, -0.25) is 4.79 Å². The topological polar surface area (TPSA) is 54.0 Å². The lowest BCUT2D eigenvalue weighted by atomic mass is 10.1. The molecule has 110 valence electrons. The third-order valence-corrected chi connectivity index (χ3v) is 2.64. The Morgan fingerprint density at radius 3 is 2.43 bits per heavy atom. The highest BCUT2D eigenvalue weighted by Gasteiger charge is 2.16. The van der Waals surface area contributed by atoms with Crippen molar-refractivity contribution in [2.45, 2.75) is 26.3 Å². The molecule has 1 aromatic carbocycles. The maximum atomic E-state index is 13.5. The fraction of sp³-hybridized carbons (Fsp3) is 0.250. The molecular weight excluding hydrogens is 269 g/mol. The predicted molar refractivity (Wildman–Crippen MR) is 81.1 cm³/mol. The van der Waals surface area contributed by atoms with E-state index < -0.39 is 0 Å². The van der Waals surface area contributed by atoms with Crippen molar-refractivity contribution in [2.24, 2.45) is 0 Å². The van der Waals surface area contributed by atoms with Crippen LogP contribution in [0.5, 0.6) is 0 Å². The van der Waals surface area contributed by atoms with Crippen LogP contribution < -0.4 is 10.6 Å². The molecule has 1 aromatic heterocycles. The number of rotatable bonds is 3. The zero-order chi connectivity index (χ0) is 15.5. The third-order valence-electron chi connectivity index (χ3n) is 2.64. The van der Waals surface area contributed by atoms with Gasteiger partial charge in [0.15, 0.2) is 0 Å². The molecule has 0 fully saturated rings. The molecule has 0 spiro atoms. The van der Waals surface area contributed by atoms with Gasteiger partial charge in [-0.05, 0) is 45.0 Å². The lowest BCUT2D eigenvalue weighted by Gasteiger charge is -2.20. The van der Waals surface area contributed by atoms with Gasteiger partial charge in [0.05, 0.1) is 17.6 Å². The number of nitrogens with zero attached hydrogens (tertiary/aromatic N) is 1. The van der Waals surface area contributed by atoms with Crippen molar-refractivity contribution in [3.8, 4) is 0 Å². The fourth-order valence-electron chi connectivity index (χ4n) is 1.72. The molecule has 0 aliphatic rings. The molecule has 5 heteroatoms. The first kappa shape index (κ1) is 15.0. The van der Waals surface area contributed by atoms with E-state index in [4.69, 9.17) is 0 Å². The lowest BCUT2D eigenvalue weighted by molar-refractivity contribution is 0.0914. The molecule has 0 bridgehead atoms. The maximum Gasteiger partial charge on any atom is 0.270 e. The van der Waals surface area contributed by atoms with Gasteiger partial charge >= 0.3 is 0 Å². The standard InChI is InChI=1S/C16H18FN3O/c1-16(2,3)20-15(21)14-9-8-11(10-18-14)19-13-7-5-4-6-12(13)17/h4-10,19H,1-3H3,(H,20,21). The van der Waals surface area contributed by atoms with E-state index in [-0.39, 0.29) is 17.3 Å². The second-order valence-corrected chi connectivity index (χ2v) is 5.74. The van der Waals surface area contributed by atoms with Crippen LogP contribution in [0.1, 0.15) is 31.3 Å². The van der Waals surface area contributed by atoms with E-state index in [1.807, 2.05) is 20.8 Å². The van der Waals surface area contributed by atoms with Gasteiger partial charge in [0.2, 0.25) is 0 Å². The molecular formula is C16H18FN3O. The quantitative estimate of drug-likeness (QED) is 0.908. The minimum atomic E-state index is -0.341. The van der Waals surface area contributed by atoms with E-state index in [2.05, 4.69) is 15.6 Å². The van der Waals surface area contributed by atoms with Gasteiger partial charge < -0.3 is 10.6 Å². The smallest absolute Gasteiger partial charge is 0.270 e. The number of nitrogens with one attached hydrogen (secondary N) is 2. The largest absolute Gasteiger partial charge is 0.352 e. The highest BCUT2D eigenvalue weighted by Crippen LogP contribution is 2.18. The summed E-state index contributed by atoms with van der Waals surface area (Å²) in [6, 6.07) is 9.67. The summed E-state index contributed by atoms with van der Waals surface area (Å²) in [5.41, 5.74) is 0.991. The van der Waals surface area contributed by atoms with E-state index in [1.165, 1.54) is 12.3 Å². The number of benzene rings is 1. The van der Waals surface area contributed by atoms with Gasteiger partial charge in [0, 0.05) is 5.54 Å². The third kappa shape index (κ3) is 4.27. The molecule has 21 heavy (non-hydrogen) atoms. The van der Waals surface area contributed by atoms with Gasteiger partial charge in [-0.2, -0.15) is 0 Å². The second kappa shape index (κ2) is 5.91. The number of halogens is 1. The molecule has 0 aliphatic heterocycles. The number of anilines is 2. The van der Waals surface area contributed by atoms with Gasteiger partial charge in [-0.1, -0.05) is 12.1 Å². The molecule has 1 heterocycles. The number of hydrogen-bond donors (Lipinski definition) is 2. The van der Waals surface area contributed by atoms with Gasteiger partial charge in [0.1, 0.15) is 11.5 Å². The maximum absolute atomic E-state index is 13.5. The minimum Gasteiger partial charge on any atom is -0.352 e. The number of carbonyl (C=O) groups excluding carboxylic acids is 1. The van der Waals surface area contributed by atoms with Crippen molar-refractivity contribution < 1.29 is 9.18 Å². The second-order valence-electron chi connectivity index (χ2n) is 5.74. The number of hydrogen-bond acceptors (Lipinski definition) is 3. The van der Waals surface area contributed by atoms with Crippen LogP contribution in [0.25, 0.3) is 0 Å². The Labute approximate surface area is 123 Å². The van der Waals surface area contributed by atoms with Crippen LogP contribution in [-0.4, -0.2) is 16.4 Å². The number of para-hydroxylation sites is 1. The summed E-state index contributed by atoms with van der Waals surface area (Å²) in [6.45, 7) is 5.71. The van der Waals surface area contributed by atoms with Crippen LogP contribution in [0.2, 0.25) is 0 Å². The Morgan fingerprint density at radius 1 is 1.14 bits per heavy atom. The summed E-state index contributed by atoms with van der Waals surface area (Å²) >= 11 is 0. The zero-order valence-electron chi connectivity index (χ0n) is 12.3. The van der Waals surface area contributed by atoms with Crippen molar-refractivity contribution in [1.82, 2.24) is 10.3 Å². The molecule has 0 unspecified atom stereocenters. The Hall–Kier alpha value is -2.43. The van der Waals surface area contributed by atoms with Crippen LogP contribution >= 0.6 is 0 Å². The first-order chi connectivity index (χ1) is 9.85. The van der Waals surface area contributed by atoms with Crippen LogP contribution in [0.15, 0.2) is 42.6 Å². The molecule has 2 N–H and O–H groups in total. The van der Waals surface area contributed by atoms with Crippen LogP contribution in [0.4, 0.5) is 15.8 Å². The summed E-state index contributed by atoms with van der Waals surface area (Å²) in [7, 11) is 0. The Bertz CT molecular complexity index is 633. The monoisotopic (exact) mass is 287 g/mol. The molecule has 2 aromatic rings. The van der Waals surface area contributed by atoms with E-state index in [9.17, 15) is 9.18 Å². The summed E-state index contributed by atoms with van der Waals surface area (Å²) in [5, 5.41) is 5.75. The number of amides is 1. The average Bonchev–Trinajstić information content (AvgIpc) is 2.40. The normalized spacial score (nSPS) is 11.0. The van der Waals surface area contributed by atoms with Crippen LogP contribution in [0, 0.1) is 5.82 Å². The Morgan fingerprint density at radius 2 is 1.86 bits per heavy atom. The summed E-state index contributed by atoms with van der Waals surface area (Å²) in [4.78, 5) is 16.0. The average molecular weight is 287 g/mol. The zero-order valence-corrected chi connectivity index (χ0v) is 12.3. The van der Waals surface area contributed by atoms with Crippen molar-refractivity contribution in [1.29, 1.82) is 0 Å². The fourth-order valence-corrected chi connectivity index (χ4v) is 1.72. The first-order valence-corrected chi connectivity index (χ1v) is 6.65. The van der Waals surface area contributed by atoms with E-state index in [0.29, 0.717) is 17.1 Å². The van der Waals surface area contributed by atoms with Gasteiger partial charge in [0.25, 0.3) is 5.91 Å². The van der Waals surface area contributed by atoms with E-state index in [1.54, 1.807) is 30.3 Å². The highest BCUT2D eigenvalue weighted by atomic mass is 19.1. The highest BCUT2D eigenvalue weighted by molar-refractivity contribution is 5.92. The van der Waals surface area contributed by atoms with Gasteiger partial charge in [-0.15, -0.1) is 0 Å². The Balaban J connectivity index is 2.09. The van der Waals surface area contributed by atoms with Crippen molar-refractivity contribution in [3.05, 3.63) is 54.1 Å². The number of aromatic nitrogens is 1. The predicted octanol–water partition coefficient (Wildman–Crippen LogP) is 3.49. The van der Waals surface area contributed by atoms with Crippen LogP contribution in [-0.2, 0) is 0 Å². The molecule has 0 aliphatic carbocycles. The SMILES string of the molecule is CC(C)(C)NC(=O)c1ccc(Nc2ccccc2F)cn1. The van der Waals surface area contributed by atoms with Gasteiger partial charge in [-0.25, -0.2) is 9.37 Å². The first-order valence-electron chi connectivity index (χ1n) is 6.65. The molecule has 1 amide bonds. The molecule has 2 rings (SSSR count). The van der Waals surface area contributed by atoms with Crippen molar-refractivity contribution in [3.63, 3.8) is 0 Å². The Kier molecular flexibility index (Phi) is 4.21. The molecule has 4 nitrogen and oxygen atoms in total. The summed E-state index contributed by atoms with van der Waals surface area (Å²) in [6.07, 6.45) is 1.50. The van der Waals surface area contributed by atoms with Crippen LogP contribution in [0.3, 0.4) is 0 Å². The van der Waals surface area contributed by atoms with E-state index >= 15 is 0 Å². The summed E-state index contributed by atoms with van der Waals surface area (Å²) < 4.78 is 13.5. The van der Waals surface area contributed by atoms with Crippen molar-refractivity contribution in [2.75, 3.05) is 5.32 Å². The number of carbonyl (C=O) groups is 1. The van der Waals surface area contributed by atoms with Crippen molar-refractivity contribution >= 4 is 17.3 Å². The molecule has 0 atom stereocenters. The number of pyridine rings is 1. The molecule has 0 saturated heterocycles. The van der Waals surface area contributed by atoms with E-state index in [0.717, 1.165) is 0 Å². The summed E-state index contributed by atoms with van der Waals surface area (Å²) in [5.74, 6) is -0.577. The minimum absolute atomic E-state index is 0.236. The molecule has 0 saturated carbocycles.